The van der Waals surface area contributed by atoms with Crippen molar-refractivity contribution < 1.29 is 0 Å². The van der Waals surface area contributed by atoms with Gasteiger partial charge in [0.2, 0.25) is 0 Å². The molecular weight excluding hydrogens is 460 g/mol. The molecule has 1 atom stereocenters. The van der Waals surface area contributed by atoms with Gasteiger partial charge in [-0.3, -0.25) is 0 Å². The lowest BCUT2D eigenvalue weighted by atomic mass is 9.87. The van der Waals surface area contributed by atoms with E-state index in [1.165, 1.54) is 71.6 Å². The fourth-order valence-electron chi connectivity index (χ4n) is 6.51. The van der Waals surface area contributed by atoms with Crippen LogP contribution in [0.1, 0.15) is 37.3 Å². The van der Waals surface area contributed by atoms with E-state index in [1.54, 1.807) is 0 Å². The highest BCUT2D eigenvalue weighted by Gasteiger charge is 2.23. The summed E-state index contributed by atoms with van der Waals surface area (Å²) in [6, 6.07) is 37.8. The maximum Gasteiger partial charge on any atom is 0.0590 e. The molecule has 0 saturated carbocycles. The zero-order chi connectivity index (χ0) is 26.0. The number of aromatic nitrogens is 2. The average Bonchev–Trinajstić information content (AvgIpc) is 3.45. The summed E-state index contributed by atoms with van der Waals surface area (Å²) < 4.78 is 4.89. The molecule has 0 fully saturated rings. The van der Waals surface area contributed by atoms with Gasteiger partial charge in [0.05, 0.1) is 22.1 Å². The van der Waals surface area contributed by atoms with Crippen molar-refractivity contribution in [2.45, 2.75) is 33.1 Å². The lowest BCUT2D eigenvalue weighted by Gasteiger charge is -2.19. The van der Waals surface area contributed by atoms with Gasteiger partial charge in [0.25, 0.3) is 0 Å². The van der Waals surface area contributed by atoms with Crippen molar-refractivity contribution in [1.29, 1.82) is 0 Å². The van der Waals surface area contributed by atoms with Crippen molar-refractivity contribution in [3.05, 3.63) is 114 Å². The van der Waals surface area contributed by atoms with E-state index in [-0.39, 0.29) is 0 Å². The smallest absolute Gasteiger partial charge is 0.0590 e. The largest absolute Gasteiger partial charge is 0.343 e. The van der Waals surface area contributed by atoms with Crippen molar-refractivity contribution in [3.63, 3.8) is 0 Å². The Hall–Kier alpha value is -4.30. The second-order valence-electron chi connectivity index (χ2n) is 10.7. The summed E-state index contributed by atoms with van der Waals surface area (Å²) in [5.41, 5.74) is 11.8. The molecule has 0 radical (unpaired) electrons. The minimum absolute atomic E-state index is 0.479. The Morgan fingerprint density at radius 1 is 0.658 bits per heavy atom. The van der Waals surface area contributed by atoms with Crippen LogP contribution in [0.15, 0.2) is 103 Å². The summed E-state index contributed by atoms with van der Waals surface area (Å²) in [6.07, 6.45) is 1.11. The van der Waals surface area contributed by atoms with Crippen molar-refractivity contribution in [2.75, 3.05) is 0 Å². The van der Waals surface area contributed by atoms with Crippen molar-refractivity contribution in [1.82, 2.24) is 9.13 Å². The molecule has 38 heavy (non-hydrogen) atoms. The van der Waals surface area contributed by atoms with E-state index >= 15 is 0 Å². The van der Waals surface area contributed by atoms with Crippen LogP contribution in [0.4, 0.5) is 0 Å². The molecule has 0 aliphatic carbocycles. The normalized spacial score (nSPS) is 12.7. The van der Waals surface area contributed by atoms with E-state index < -0.39 is 0 Å². The van der Waals surface area contributed by atoms with Crippen LogP contribution in [-0.4, -0.2) is 9.13 Å². The summed E-state index contributed by atoms with van der Waals surface area (Å²) in [5, 5.41) is 5.26. The van der Waals surface area contributed by atoms with Gasteiger partial charge in [-0.2, -0.15) is 0 Å². The molecule has 7 aromatic rings. The minimum Gasteiger partial charge on any atom is -0.343 e. The Bertz CT molecular complexity index is 1990. The maximum atomic E-state index is 2.47. The quantitative estimate of drug-likeness (QED) is 0.231. The van der Waals surface area contributed by atoms with Crippen LogP contribution in [0, 0.1) is 6.92 Å². The van der Waals surface area contributed by atoms with E-state index in [0.717, 1.165) is 6.42 Å². The molecule has 1 unspecified atom stereocenters. The molecule has 0 amide bonds. The predicted molar refractivity (Wildman–Crippen MR) is 164 cm³/mol. The van der Waals surface area contributed by atoms with Gasteiger partial charge in [0.15, 0.2) is 0 Å². The number of hydrogen-bond acceptors (Lipinski definition) is 0. The van der Waals surface area contributed by atoms with Gasteiger partial charge in [0, 0.05) is 39.8 Å². The molecule has 0 aliphatic heterocycles. The van der Waals surface area contributed by atoms with E-state index in [2.05, 4.69) is 140 Å². The Morgan fingerprint density at radius 2 is 1.34 bits per heavy atom. The van der Waals surface area contributed by atoms with Crippen LogP contribution < -0.4 is 0 Å². The zero-order valence-electron chi connectivity index (χ0n) is 22.5. The number of hydrogen-bond donors (Lipinski definition) is 0. The van der Waals surface area contributed by atoms with Gasteiger partial charge in [-0.25, -0.2) is 0 Å². The topological polar surface area (TPSA) is 9.86 Å². The average molecular weight is 493 g/mol. The first-order valence-corrected chi connectivity index (χ1v) is 13.7. The minimum atomic E-state index is 0.479. The van der Waals surface area contributed by atoms with Crippen LogP contribution in [0.3, 0.4) is 0 Å². The van der Waals surface area contributed by atoms with Crippen LogP contribution in [0.5, 0.6) is 0 Å². The van der Waals surface area contributed by atoms with E-state index in [9.17, 15) is 0 Å². The highest BCUT2D eigenvalue weighted by molar-refractivity contribution is 6.26. The lowest BCUT2D eigenvalue weighted by Crippen LogP contribution is -2.00. The fraction of sp³-hybridized carbons (Fsp3) is 0.167. The van der Waals surface area contributed by atoms with Gasteiger partial charge < -0.3 is 9.13 Å². The molecule has 0 saturated heterocycles. The first kappa shape index (κ1) is 22.9. The van der Waals surface area contributed by atoms with E-state index in [0.29, 0.717) is 5.92 Å². The summed E-state index contributed by atoms with van der Waals surface area (Å²) >= 11 is 0. The van der Waals surface area contributed by atoms with Gasteiger partial charge in [-0.05, 0) is 60.2 Å². The van der Waals surface area contributed by atoms with E-state index in [1.807, 2.05) is 0 Å². The van der Waals surface area contributed by atoms with Crippen molar-refractivity contribution >= 4 is 43.6 Å². The van der Waals surface area contributed by atoms with Crippen molar-refractivity contribution in [3.8, 4) is 16.8 Å². The number of benzene rings is 5. The van der Waals surface area contributed by atoms with Gasteiger partial charge in [-0.15, -0.1) is 0 Å². The molecule has 0 aliphatic rings. The molecule has 186 valence electrons. The molecule has 2 heterocycles. The van der Waals surface area contributed by atoms with Gasteiger partial charge in [0.1, 0.15) is 0 Å². The number of rotatable bonds is 4. The Balaban J connectivity index is 1.70. The predicted octanol–water partition coefficient (Wildman–Crippen LogP) is 9.92. The van der Waals surface area contributed by atoms with Crippen LogP contribution >= 0.6 is 0 Å². The fourth-order valence-corrected chi connectivity index (χ4v) is 6.51. The molecule has 2 heteroatoms. The molecular formula is C36H32N2. The molecule has 2 nitrogen and oxygen atoms in total. The number of fused-ring (bicyclic) bond motifs is 7. The highest BCUT2D eigenvalue weighted by Crippen LogP contribution is 2.45. The van der Waals surface area contributed by atoms with Crippen LogP contribution in [0.2, 0.25) is 0 Å². The molecule has 0 N–H and O–H groups in total. The second kappa shape index (κ2) is 8.63. The monoisotopic (exact) mass is 492 g/mol. The third-order valence-electron chi connectivity index (χ3n) is 8.55. The lowest BCUT2D eigenvalue weighted by molar-refractivity contribution is 0.735. The van der Waals surface area contributed by atoms with Gasteiger partial charge >= 0.3 is 0 Å². The third kappa shape index (κ3) is 3.13. The molecule has 2 aromatic heterocycles. The molecule has 0 bridgehead atoms. The summed E-state index contributed by atoms with van der Waals surface area (Å²) in [6.45, 7) is 6.89. The van der Waals surface area contributed by atoms with Crippen LogP contribution in [0.25, 0.3) is 60.4 Å². The number of aryl methyl sites for hydroxylation is 2. The molecule has 7 rings (SSSR count). The summed E-state index contributed by atoms with van der Waals surface area (Å²) in [7, 11) is 2.26. The first-order valence-electron chi connectivity index (χ1n) is 13.7. The van der Waals surface area contributed by atoms with E-state index in [4.69, 9.17) is 0 Å². The zero-order valence-corrected chi connectivity index (χ0v) is 22.5. The summed E-state index contributed by atoms with van der Waals surface area (Å²) in [5.74, 6) is 0.479. The number of para-hydroxylation sites is 2. The Labute approximate surface area is 223 Å². The van der Waals surface area contributed by atoms with Gasteiger partial charge in [-0.1, -0.05) is 92.7 Å². The number of nitrogens with zero attached hydrogens (tertiary/aromatic N) is 2. The highest BCUT2D eigenvalue weighted by atomic mass is 15.0. The second-order valence-corrected chi connectivity index (χ2v) is 10.7. The molecule has 0 spiro atoms. The van der Waals surface area contributed by atoms with Crippen molar-refractivity contribution in [2.24, 2.45) is 7.05 Å². The maximum absolute atomic E-state index is 2.47. The third-order valence-corrected chi connectivity index (χ3v) is 8.55. The molecule has 5 aromatic carbocycles. The Morgan fingerprint density at radius 3 is 2.13 bits per heavy atom. The van der Waals surface area contributed by atoms with Crippen LogP contribution in [-0.2, 0) is 7.05 Å². The standard InChI is InChI=1S/C36H32N2/c1-5-23(2)27-19-20-28-29-21-22-32-34(30-17-11-12-18-31(30)38(32)25-14-7-6-8-15-25)36(29)37(4)35(28)33(27)26-16-10-9-13-24(26)3/h6-23H,5H2,1-4H3. The Kier molecular flexibility index (Phi) is 5.19. The SMILES string of the molecule is CCC(C)c1ccc2c3ccc4c(c5ccccc5n4-c4ccccc4)c3n(C)c2c1-c1ccccc1C. The summed E-state index contributed by atoms with van der Waals surface area (Å²) in [4.78, 5) is 0. The first-order chi connectivity index (χ1) is 18.6.